The molecular formula is C8H6N3. The van der Waals surface area contributed by atoms with Crippen LogP contribution in [0.15, 0.2) is 36.7 Å². The second-order valence-electron chi connectivity index (χ2n) is 2.11. The van der Waals surface area contributed by atoms with E-state index in [1.807, 2.05) is 24.3 Å². The van der Waals surface area contributed by atoms with Crippen LogP contribution in [-0.4, -0.2) is 15.0 Å². The summed E-state index contributed by atoms with van der Waals surface area (Å²) >= 11 is 0. The van der Waals surface area contributed by atoms with E-state index in [0.29, 0.717) is 0 Å². The Kier molecular flexibility index (Phi) is 1.41. The molecule has 0 saturated carbocycles. The van der Waals surface area contributed by atoms with Gasteiger partial charge in [0, 0.05) is 0 Å². The zero-order valence-electron chi connectivity index (χ0n) is 5.81. The molecule has 0 bridgehead atoms. The summed E-state index contributed by atoms with van der Waals surface area (Å²) in [5.41, 5.74) is 0.977. The molecule has 0 unspecified atom stereocenters. The normalized spacial score (nSPS) is 9.82. The molecule has 0 aliphatic heterocycles. The minimum Gasteiger partial charge on any atom is -0.221 e. The van der Waals surface area contributed by atoms with Gasteiger partial charge in [0.15, 0.2) is 0 Å². The predicted octanol–water partition coefficient (Wildman–Crippen LogP) is 1.07. The van der Waals surface area contributed by atoms with Gasteiger partial charge < -0.3 is 0 Å². The second kappa shape index (κ2) is 2.54. The van der Waals surface area contributed by atoms with Crippen molar-refractivity contribution < 1.29 is 0 Å². The Balaban J connectivity index is 2.46. The molecule has 2 aromatic rings. The van der Waals surface area contributed by atoms with Crippen LogP contribution in [0.4, 0.5) is 0 Å². The van der Waals surface area contributed by atoms with Crippen LogP contribution in [0.25, 0.3) is 5.69 Å². The summed E-state index contributed by atoms with van der Waals surface area (Å²) in [6.07, 6.45) is 3.44. The Morgan fingerprint density at radius 2 is 2.45 bits per heavy atom. The highest BCUT2D eigenvalue weighted by molar-refractivity contribution is 5.28. The Morgan fingerprint density at radius 1 is 1.45 bits per heavy atom. The smallest absolute Gasteiger partial charge is 0.0697 e. The third-order valence-corrected chi connectivity index (χ3v) is 1.38. The SMILES string of the molecule is [c]1cccc(-n2ccnn2)c1. The Morgan fingerprint density at radius 3 is 3.09 bits per heavy atom. The third-order valence-electron chi connectivity index (χ3n) is 1.38. The van der Waals surface area contributed by atoms with Crippen molar-refractivity contribution in [2.75, 3.05) is 0 Å². The van der Waals surface area contributed by atoms with E-state index < -0.39 is 0 Å². The van der Waals surface area contributed by atoms with E-state index in [-0.39, 0.29) is 0 Å². The molecular weight excluding hydrogens is 138 g/mol. The third kappa shape index (κ3) is 1.12. The zero-order chi connectivity index (χ0) is 7.52. The van der Waals surface area contributed by atoms with E-state index in [9.17, 15) is 0 Å². The summed E-state index contributed by atoms with van der Waals surface area (Å²) in [4.78, 5) is 0. The van der Waals surface area contributed by atoms with Gasteiger partial charge in [0.1, 0.15) is 0 Å². The molecule has 1 aromatic heterocycles. The highest BCUT2D eigenvalue weighted by Gasteiger charge is 1.91. The minimum atomic E-state index is 0.977. The van der Waals surface area contributed by atoms with Gasteiger partial charge in [-0.05, 0) is 18.2 Å². The molecule has 0 fully saturated rings. The molecule has 2 rings (SSSR count). The van der Waals surface area contributed by atoms with Crippen molar-refractivity contribution in [3.8, 4) is 5.69 Å². The minimum absolute atomic E-state index is 0.977. The van der Waals surface area contributed by atoms with E-state index in [0.717, 1.165) is 5.69 Å². The van der Waals surface area contributed by atoms with Gasteiger partial charge in [-0.2, -0.15) is 0 Å². The van der Waals surface area contributed by atoms with Crippen molar-refractivity contribution in [3.63, 3.8) is 0 Å². The summed E-state index contributed by atoms with van der Waals surface area (Å²) in [6.45, 7) is 0. The highest BCUT2D eigenvalue weighted by atomic mass is 15.4. The maximum Gasteiger partial charge on any atom is 0.0697 e. The lowest BCUT2D eigenvalue weighted by Crippen LogP contribution is -1.93. The van der Waals surface area contributed by atoms with Gasteiger partial charge in [-0.25, -0.2) is 4.68 Å². The van der Waals surface area contributed by atoms with E-state index in [2.05, 4.69) is 16.4 Å². The van der Waals surface area contributed by atoms with Crippen LogP contribution in [0.3, 0.4) is 0 Å². The van der Waals surface area contributed by atoms with E-state index in [1.165, 1.54) is 0 Å². The molecule has 11 heavy (non-hydrogen) atoms. The van der Waals surface area contributed by atoms with Crippen LogP contribution < -0.4 is 0 Å². The molecule has 0 saturated heterocycles. The quantitative estimate of drug-likeness (QED) is 0.599. The molecule has 0 amide bonds. The fourth-order valence-corrected chi connectivity index (χ4v) is 0.872. The summed E-state index contributed by atoms with van der Waals surface area (Å²) in [5.74, 6) is 0. The molecule has 53 valence electrons. The lowest BCUT2D eigenvalue weighted by atomic mass is 10.3. The number of nitrogens with zero attached hydrogens (tertiary/aromatic N) is 3. The molecule has 3 nitrogen and oxygen atoms in total. The van der Waals surface area contributed by atoms with Gasteiger partial charge in [0.25, 0.3) is 0 Å². The van der Waals surface area contributed by atoms with Crippen LogP contribution in [0.1, 0.15) is 0 Å². The van der Waals surface area contributed by atoms with Gasteiger partial charge in [-0.15, -0.1) is 5.10 Å². The number of aromatic nitrogens is 3. The summed E-state index contributed by atoms with van der Waals surface area (Å²) in [7, 11) is 0. The largest absolute Gasteiger partial charge is 0.221 e. The van der Waals surface area contributed by atoms with Gasteiger partial charge in [0.05, 0.1) is 18.1 Å². The van der Waals surface area contributed by atoms with Gasteiger partial charge in [0.2, 0.25) is 0 Å². The Hall–Kier alpha value is -1.64. The summed E-state index contributed by atoms with van der Waals surface area (Å²) in [5, 5.41) is 7.53. The van der Waals surface area contributed by atoms with Crippen molar-refractivity contribution in [2.45, 2.75) is 0 Å². The zero-order valence-corrected chi connectivity index (χ0v) is 5.81. The van der Waals surface area contributed by atoms with Crippen LogP contribution in [0, 0.1) is 6.07 Å². The number of hydrogen-bond donors (Lipinski definition) is 0. The molecule has 1 aromatic carbocycles. The molecule has 0 atom stereocenters. The van der Waals surface area contributed by atoms with Crippen LogP contribution in [-0.2, 0) is 0 Å². The van der Waals surface area contributed by atoms with Crippen molar-refractivity contribution in [3.05, 3.63) is 42.7 Å². The molecule has 1 heterocycles. The topological polar surface area (TPSA) is 30.7 Å². The standard InChI is InChI=1S/C8H6N3/c1-2-4-8(5-3-1)11-7-6-9-10-11/h1-2,4-7H. The molecule has 0 aliphatic carbocycles. The summed E-state index contributed by atoms with van der Waals surface area (Å²) in [6, 6.07) is 10.5. The highest BCUT2D eigenvalue weighted by Crippen LogP contribution is 2.01. The first-order chi connectivity index (χ1) is 5.47. The van der Waals surface area contributed by atoms with Crippen molar-refractivity contribution in [1.82, 2.24) is 15.0 Å². The molecule has 0 spiro atoms. The van der Waals surface area contributed by atoms with Gasteiger partial charge in [-0.3, -0.25) is 0 Å². The lowest BCUT2D eigenvalue weighted by molar-refractivity contribution is 0.803. The van der Waals surface area contributed by atoms with E-state index >= 15 is 0 Å². The van der Waals surface area contributed by atoms with Crippen LogP contribution in [0.2, 0.25) is 0 Å². The number of hydrogen-bond acceptors (Lipinski definition) is 2. The van der Waals surface area contributed by atoms with Gasteiger partial charge >= 0.3 is 0 Å². The number of rotatable bonds is 1. The molecule has 0 N–H and O–H groups in total. The first-order valence-corrected chi connectivity index (χ1v) is 3.29. The Labute approximate surface area is 64.3 Å². The second-order valence-corrected chi connectivity index (χ2v) is 2.11. The number of benzene rings is 1. The monoisotopic (exact) mass is 144 g/mol. The fourth-order valence-electron chi connectivity index (χ4n) is 0.872. The average Bonchev–Trinajstić information content (AvgIpc) is 2.58. The molecule has 0 aliphatic rings. The average molecular weight is 144 g/mol. The molecule has 3 heteroatoms. The Bertz CT molecular complexity index is 312. The van der Waals surface area contributed by atoms with E-state index in [1.54, 1.807) is 17.1 Å². The van der Waals surface area contributed by atoms with Gasteiger partial charge in [-0.1, -0.05) is 17.3 Å². The van der Waals surface area contributed by atoms with Crippen LogP contribution in [0.5, 0.6) is 0 Å². The predicted molar refractivity (Wildman–Crippen MR) is 40.2 cm³/mol. The van der Waals surface area contributed by atoms with Crippen molar-refractivity contribution in [1.29, 1.82) is 0 Å². The van der Waals surface area contributed by atoms with Crippen molar-refractivity contribution >= 4 is 0 Å². The first-order valence-electron chi connectivity index (χ1n) is 3.29. The maximum atomic E-state index is 3.83. The van der Waals surface area contributed by atoms with Crippen LogP contribution >= 0.6 is 0 Å². The lowest BCUT2D eigenvalue weighted by Gasteiger charge is -1.95. The van der Waals surface area contributed by atoms with Crippen molar-refractivity contribution in [2.24, 2.45) is 0 Å². The maximum absolute atomic E-state index is 3.83. The fraction of sp³-hybridized carbons (Fsp3) is 0. The summed E-state index contributed by atoms with van der Waals surface area (Å²) < 4.78 is 1.69. The van der Waals surface area contributed by atoms with E-state index in [4.69, 9.17) is 0 Å². The molecule has 1 radical (unpaired) electrons. The first kappa shape index (κ1) is 6.09.